The topological polar surface area (TPSA) is 47.1 Å². The van der Waals surface area contributed by atoms with Crippen LogP contribution in [0.3, 0.4) is 0 Å². The summed E-state index contributed by atoms with van der Waals surface area (Å²) < 4.78 is 2.16. The maximum Gasteiger partial charge on any atom is 0.123 e. The van der Waals surface area contributed by atoms with Crippen molar-refractivity contribution in [3.63, 3.8) is 0 Å². The van der Waals surface area contributed by atoms with Crippen LogP contribution in [0.25, 0.3) is 11.0 Å². The van der Waals surface area contributed by atoms with Crippen LogP contribution in [0.15, 0.2) is 18.2 Å². The van der Waals surface area contributed by atoms with Crippen LogP contribution in [0.2, 0.25) is 5.02 Å². The summed E-state index contributed by atoms with van der Waals surface area (Å²) in [5.41, 5.74) is 8.04. The average Bonchev–Trinajstić information content (AvgIpc) is 2.78. The Kier molecular flexibility index (Phi) is 4.44. The van der Waals surface area contributed by atoms with E-state index in [0.29, 0.717) is 17.9 Å². The second-order valence-corrected chi connectivity index (χ2v) is 7.14. The van der Waals surface area contributed by atoms with E-state index in [2.05, 4.69) is 30.4 Å². The number of halogens is 1. The van der Waals surface area contributed by atoms with Gasteiger partial charge in [-0.05, 0) is 49.9 Å². The van der Waals surface area contributed by atoms with Gasteiger partial charge in [-0.3, -0.25) is 4.90 Å². The first-order chi connectivity index (χ1) is 10.5. The van der Waals surface area contributed by atoms with E-state index in [9.17, 15) is 0 Å². The molecule has 0 radical (unpaired) electrons. The molecule has 120 valence electrons. The molecule has 1 saturated heterocycles. The molecule has 3 atom stereocenters. The number of imidazole rings is 1. The van der Waals surface area contributed by atoms with Crippen molar-refractivity contribution < 1.29 is 0 Å². The maximum atomic E-state index is 6.10. The van der Waals surface area contributed by atoms with E-state index in [1.54, 1.807) is 0 Å². The Morgan fingerprint density at radius 2 is 2.14 bits per heavy atom. The van der Waals surface area contributed by atoms with Crippen molar-refractivity contribution in [3.8, 4) is 0 Å². The number of piperidine rings is 1. The van der Waals surface area contributed by atoms with Crippen molar-refractivity contribution in [1.82, 2.24) is 14.5 Å². The molecule has 0 spiro atoms. The highest BCUT2D eigenvalue weighted by molar-refractivity contribution is 6.31. The minimum Gasteiger partial charge on any atom is -0.330 e. The first-order valence-electron chi connectivity index (χ1n) is 8.04. The quantitative estimate of drug-likeness (QED) is 0.945. The predicted octanol–water partition coefficient (Wildman–Crippen LogP) is 3.03. The van der Waals surface area contributed by atoms with Crippen molar-refractivity contribution in [1.29, 1.82) is 0 Å². The van der Waals surface area contributed by atoms with Crippen LogP contribution in [0.1, 0.15) is 26.1 Å². The molecule has 2 heterocycles. The highest BCUT2D eigenvalue weighted by Crippen LogP contribution is 2.28. The third-order valence-corrected chi connectivity index (χ3v) is 5.43. The van der Waals surface area contributed by atoms with Gasteiger partial charge in [0.15, 0.2) is 0 Å². The lowest BCUT2D eigenvalue weighted by Crippen LogP contribution is -2.47. The number of nitrogens with two attached hydrogens (primary N) is 1. The van der Waals surface area contributed by atoms with E-state index in [1.165, 1.54) is 6.42 Å². The molecule has 0 amide bonds. The number of hydrogen-bond acceptors (Lipinski definition) is 3. The van der Waals surface area contributed by atoms with Gasteiger partial charge in [0, 0.05) is 24.7 Å². The zero-order valence-corrected chi connectivity index (χ0v) is 14.3. The number of fused-ring (bicyclic) bond motifs is 1. The molecule has 2 aromatic rings. The number of benzene rings is 1. The summed E-state index contributed by atoms with van der Waals surface area (Å²) >= 11 is 6.10. The van der Waals surface area contributed by atoms with Crippen molar-refractivity contribution in [2.45, 2.75) is 32.9 Å². The minimum absolute atomic E-state index is 0.571. The van der Waals surface area contributed by atoms with Crippen LogP contribution in [0.5, 0.6) is 0 Å². The minimum atomic E-state index is 0.571. The SMILES string of the molecule is CC1CC(C)N(Cc2nc3ccc(Cl)cc3n2C)CC1CN. The lowest BCUT2D eigenvalue weighted by atomic mass is 9.83. The fourth-order valence-corrected chi connectivity index (χ4v) is 3.77. The van der Waals surface area contributed by atoms with Crippen LogP contribution in [-0.2, 0) is 13.6 Å². The summed E-state index contributed by atoms with van der Waals surface area (Å²) in [7, 11) is 2.07. The highest BCUT2D eigenvalue weighted by atomic mass is 35.5. The molecule has 1 fully saturated rings. The number of nitrogens with zero attached hydrogens (tertiary/aromatic N) is 3. The summed E-state index contributed by atoms with van der Waals surface area (Å²) in [6.07, 6.45) is 1.21. The fourth-order valence-electron chi connectivity index (χ4n) is 3.60. The van der Waals surface area contributed by atoms with E-state index in [-0.39, 0.29) is 0 Å². The Bertz CT molecular complexity index is 666. The lowest BCUT2D eigenvalue weighted by Gasteiger charge is -2.41. The second kappa shape index (κ2) is 6.19. The van der Waals surface area contributed by atoms with E-state index in [4.69, 9.17) is 22.3 Å². The molecule has 0 bridgehead atoms. The fraction of sp³-hybridized carbons (Fsp3) is 0.588. The van der Waals surface area contributed by atoms with Gasteiger partial charge in [0.25, 0.3) is 0 Å². The second-order valence-electron chi connectivity index (χ2n) is 6.71. The van der Waals surface area contributed by atoms with Crippen LogP contribution in [0.4, 0.5) is 0 Å². The molecule has 3 unspecified atom stereocenters. The van der Waals surface area contributed by atoms with E-state index in [1.807, 2.05) is 18.2 Å². The molecular weight excluding hydrogens is 296 g/mol. The number of aryl methyl sites for hydroxylation is 1. The largest absolute Gasteiger partial charge is 0.330 e. The molecule has 1 aromatic carbocycles. The Morgan fingerprint density at radius 3 is 2.86 bits per heavy atom. The van der Waals surface area contributed by atoms with Crippen LogP contribution >= 0.6 is 11.6 Å². The number of aromatic nitrogens is 2. The van der Waals surface area contributed by atoms with E-state index < -0.39 is 0 Å². The van der Waals surface area contributed by atoms with Crippen molar-refractivity contribution >= 4 is 22.6 Å². The zero-order valence-electron chi connectivity index (χ0n) is 13.6. The Labute approximate surface area is 137 Å². The Morgan fingerprint density at radius 1 is 1.36 bits per heavy atom. The van der Waals surface area contributed by atoms with Gasteiger partial charge in [0.1, 0.15) is 5.82 Å². The van der Waals surface area contributed by atoms with Gasteiger partial charge in [-0.25, -0.2) is 4.98 Å². The van der Waals surface area contributed by atoms with Crippen LogP contribution < -0.4 is 5.73 Å². The molecule has 5 heteroatoms. The summed E-state index contributed by atoms with van der Waals surface area (Å²) in [5, 5.41) is 0.755. The average molecular weight is 321 g/mol. The van der Waals surface area contributed by atoms with Gasteiger partial charge in [0.2, 0.25) is 0 Å². The van der Waals surface area contributed by atoms with E-state index >= 15 is 0 Å². The van der Waals surface area contributed by atoms with Gasteiger partial charge in [-0.1, -0.05) is 18.5 Å². The predicted molar refractivity (Wildman–Crippen MR) is 91.9 cm³/mol. The molecular formula is C17H25ClN4. The van der Waals surface area contributed by atoms with Crippen LogP contribution in [0, 0.1) is 11.8 Å². The summed E-state index contributed by atoms with van der Waals surface area (Å²) in [6, 6.07) is 6.45. The van der Waals surface area contributed by atoms with Crippen molar-refractivity contribution in [2.75, 3.05) is 13.1 Å². The Balaban J connectivity index is 1.84. The van der Waals surface area contributed by atoms with Gasteiger partial charge >= 0.3 is 0 Å². The Hall–Kier alpha value is -1.10. The standard InChI is InChI=1S/C17H25ClN4/c1-11-6-12(2)22(9-13(11)8-19)10-17-20-15-5-4-14(18)7-16(15)21(17)3/h4-5,7,11-13H,6,8-10,19H2,1-3H3. The molecule has 0 saturated carbocycles. The monoisotopic (exact) mass is 320 g/mol. The highest BCUT2D eigenvalue weighted by Gasteiger charge is 2.30. The third-order valence-electron chi connectivity index (χ3n) is 5.19. The molecule has 22 heavy (non-hydrogen) atoms. The first-order valence-corrected chi connectivity index (χ1v) is 8.42. The number of rotatable bonds is 3. The van der Waals surface area contributed by atoms with E-state index in [0.717, 1.165) is 41.5 Å². The van der Waals surface area contributed by atoms with Gasteiger partial charge in [0.05, 0.1) is 17.6 Å². The number of hydrogen-bond donors (Lipinski definition) is 1. The smallest absolute Gasteiger partial charge is 0.123 e. The van der Waals surface area contributed by atoms with Gasteiger partial charge in [-0.2, -0.15) is 0 Å². The summed E-state index contributed by atoms with van der Waals surface area (Å²) in [4.78, 5) is 7.30. The molecule has 3 rings (SSSR count). The maximum absolute atomic E-state index is 6.10. The molecule has 0 aliphatic carbocycles. The molecule has 2 N–H and O–H groups in total. The third kappa shape index (κ3) is 2.87. The first kappa shape index (κ1) is 15.8. The lowest BCUT2D eigenvalue weighted by molar-refractivity contribution is 0.0721. The molecule has 1 aromatic heterocycles. The summed E-state index contributed by atoms with van der Waals surface area (Å²) in [6.45, 7) is 7.32. The molecule has 1 aliphatic rings. The zero-order chi connectivity index (χ0) is 15.9. The summed E-state index contributed by atoms with van der Waals surface area (Å²) in [5.74, 6) is 2.38. The van der Waals surface area contributed by atoms with Crippen molar-refractivity contribution in [2.24, 2.45) is 24.6 Å². The van der Waals surface area contributed by atoms with Gasteiger partial charge in [-0.15, -0.1) is 0 Å². The molecule has 4 nitrogen and oxygen atoms in total. The van der Waals surface area contributed by atoms with Crippen LogP contribution in [-0.4, -0.2) is 33.6 Å². The van der Waals surface area contributed by atoms with Crippen molar-refractivity contribution in [3.05, 3.63) is 29.0 Å². The normalized spacial score (nSPS) is 26.7. The number of likely N-dealkylation sites (tertiary alicyclic amines) is 1. The van der Waals surface area contributed by atoms with Gasteiger partial charge < -0.3 is 10.3 Å². The molecule has 1 aliphatic heterocycles.